The van der Waals surface area contributed by atoms with E-state index in [-0.39, 0.29) is 12.2 Å². The van der Waals surface area contributed by atoms with Crippen molar-refractivity contribution >= 4 is 37.9 Å². The molecule has 21 heavy (non-hydrogen) atoms. The number of ether oxygens (including phenoxy) is 1. The highest BCUT2D eigenvalue weighted by atomic mass is 32.1. The minimum Gasteiger partial charge on any atom is -0.471 e. The lowest BCUT2D eigenvalue weighted by atomic mass is 10.4. The van der Waals surface area contributed by atoms with Crippen LogP contribution in [0.3, 0.4) is 0 Å². The van der Waals surface area contributed by atoms with Gasteiger partial charge >= 0.3 is 0 Å². The number of thiazole rings is 1. The molecule has 4 aromatic rings. The Labute approximate surface area is 126 Å². The van der Waals surface area contributed by atoms with Gasteiger partial charge in [0.15, 0.2) is 4.96 Å². The monoisotopic (exact) mass is 316 g/mol. The Bertz CT molecular complexity index is 988. The quantitative estimate of drug-likeness (QED) is 0.580. The molecular formula is C13H8N4O2S2. The number of hydrogen-bond acceptors (Lipinski definition) is 7. The summed E-state index contributed by atoms with van der Waals surface area (Å²) < 4.78 is 7.20. The van der Waals surface area contributed by atoms with Gasteiger partial charge in [0.25, 0.3) is 5.56 Å². The molecule has 4 rings (SSSR count). The van der Waals surface area contributed by atoms with Gasteiger partial charge in [-0.25, -0.2) is 15.0 Å². The van der Waals surface area contributed by atoms with Crippen LogP contribution in [0.5, 0.6) is 5.88 Å². The van der Waals surface area contributed by atoms with E-state index < -0.39 is 0 Å². The van der Waals surface area contributed by atoms with Crippen molar-refractivity contribution in [2.75, 3.05) is 0 Å². The maximum atomic E-state index is 11.9. The molecule has 0 aliphatic carbocycles. The van der Waals surface area contributed by atoms with Crippen molar-refractivity contribution in [2.24, 2.45) is 0 Å². The average molecular weight is 316 g/mol. The standard InChI is InChI=1S/C13H8N4O2S2/c18-10-5-8(16-13-17(10)2-4-21-13)6-19-11-9-1-3-20-12(9)15-7-14-11/h1-5,7H,6H2. The summed E-state index contributed by atoms with van der Waals surface area (Å²) in [7, 11) is 0. The maximum absolute atomic E-state index is 11.9. The highest BCUT2D eigenvalue weighted by Crippen LogP contribution is 2.25. The first-order chi connectivity index (χ1) is 10.3. The number of aromatic nitrogens is 4. The fourth-order valence-corrected chi connectivity index (χ4v) is 3.45. The number of rotatable bonds is 3. The van der Waals surface area contributed by atoms with Crippen molar-refractivity contribution in [3.05, 3.63) is 51.5 Å². The molecule has 0 radical (unpaired) electrons. The molecule has 0 aromatic carbocycles. The van der Waals surface area contributed by atoms with E-state index in [1.54, 1.807) is 6.20 Å². The summed E-state index contributed by atoms with van der Waals surface area (Å²) >= 11 is 2.94. The molecule has 0 spiro atoms. The third kappa shape index (κ3) is 2.18. The molecule has 8 heteroatoms. The highest BCUT2D eigenvalue weighted by Gasteiger charge is 2.08. The lowest BCUT2D eigenvalue weighted by molar-refractivity contribution is 0.293. The van der Waals surface area contributed by atoms with Crippen LogP contribution in [0.1, 0.15) is 5.69 Å². The molecule has 0 atom stereocenters. The van der Waals surface area contributed by atoms with Gasteiger partial charge in [-0.3, -0.25) is 9.20 Å². The van der Waals surface area contributed by atoms with Gasteiger partial charge in [0.1, 0.15) is 17.8 Å². The van der Waals surface area contributed by atoms with Crippen LogP contribution in [0.4, 0.5) is 0 Å². The summed E-state index contributed by atoms with van der Waals surface area (Å²) in [5, 5.41) is 4.64. The number of thiophene rings is 1. The molecule has 4 heterocycles. The van der Waals surface area contributed by atoms with Gasteiger partial charge in [0.05, 0.1) is 11.1 Å². The van der Waals surface area contributed by atoms with E-state index in [1.807, 2.05) is 16.8 Å². The van der Waals surface area contributed by atoms with Crippen molar-refractivity contribution in [3.63, 3.8) is 0 Å². The van der Waals surface area contributed by atoms with Crippen LogP contribution in [-0.4, -0.2) is 19.4 Å². The van der Waals surface area contributed by atoms with E-state index in [1.165, 1.54) is 39.5 Å². The molecule has 0 saturated carbocycles. The van der Waals surface area contributed by atoms with Crippen LogP contribution < -0.4 is 10.3 Å². The van der Waals surface area contributed by atoms with Crippen molar-refractivity contribution in [1.29, 1.82) is 0 Å². The normalized spacial score (nSPS) is 11.2. The molecule has 0 unspecified atom stereocenters. The summed E-state index contributed by atoms with van der Waals surface area (Å²) in [5.41, 5.74) is 0.479. The minimum absolute atomic E-state index is 0.108. The summed E-state index contributed by atoms with van der Waals surface area (Å²) in [6, 6.07) is 3.39. The number of fused-ring (bicyclic) bond motifs is 2. The zero-order valence-corrected chi connectivity index (χ0v) is 12.2. The Hall–Kier alpha value is -2.32. The van der Waals surface area contributed by atoms with Crippen molar-refractivity contribution in [3.8, 4) is 5.88 Å². The Balaban J connectivity index is 1.66. The molecule has 0 bridgehead atoms. The van der Waals surface area contributed by atoms with Crippen molar-refractivity contribution in [1.82, 2.24) is 19.4 Å². The molecule has 0 N–H and O–H groups in total. The molecule has 0 aliphatic rings. The zero-order valence-electron chi connectivity index (χ0n) is 10.6. The SMILES string of the molecule is O=c1cc(COc2ncnc3sccc23)nc2sccn12. The van der Waals surface area contributed by atoms with E-state index in [0.717, 1.165) is 10.2 Å². The first-order valence-electron chi connectivity index (χ1n) is 6.08. The third-order valence-corrected chi connectivity index (χ3v) is 4.52. The predicted molar refractivity (Wildman–Crippen MR) is 81.1 cm³/mol. The second kappa shape index (κ2) is 4.90. The molecule has 0 fully saturated rings. The predicted octanol–water partition coefficient (Wildman–Crippen LogP) is 2.34. The lowest BCUT2D eigenvalue weighted by Gasteiger charge is -2.05. The topological polar surface area (TPSA) is 69.4 Å². The van der Waals surface area contributed by atoms with Gasteiger partial charge in [-0.15, -0.1) is 22.7 Å². The first kappa shape index (κ1) is 12.4. The highest BCUT2D eigenvalue weighted by molar-refractivity contribution is 7.16. The smallest absolute Gasteiger partial charge is 0.258 e. The van der Waals surface area contributed by atoms with Crippen LogP contribution in [0.15, 0.2) is 40.2 Å². The molecule has 4 aromatic heterocycles. The van der Waals surface area contributed by atoms with Crippen molar-refractivity contribution in [2.45, 2.75) is 6.61 Å². The second-order valence-corrected chi connectivity index (χ2v) is 6.02. The summed E-state index contributed by atoms with van der Waals surface area (Å²) in [4.78, 5) is 26.1. The third-order valence-electron chi connectivity index (χ3n) is 2.94. The molecule has 6 nitrogen and oxygen atoms in total. The van der Waals surface area contributed by atoms with Gasteiger partial charge in [-0.2, -0.15) is 0 Å². The van der Waals surface area contributed by atoms with E-state index in [0.29, 0.717) is 16.5 Å². The van der Waals surface area contributed by atoms with Crippen LogP contribution in [0, 0.1) is 0 Å². The second-order valence-electron chi connectivity index (χ2n) is 4.25. The van der Waals surface area contributed by atoms with Crippen molar-refractivity contribution < 1.29 is 4.74 Å². The van der Waals surface area contributed by atoms with Crippen LogP contribution in [0.2, 0.25) is 0 Å². The Kier molecular flexibility index (Phi) is 2.90. The van der Waals surface area contributed by atoms with Crippen LogP contribution in [-0.2, 0) is 6.61 Å². The summed E-state index contributed by atoms with van der Waals surface area (Å²) in [6.45, 7) is 0.200. The zero-order chi connectivity index (χ0) is 14.2. The van der Waals surface area contributed by atoms with E-state index >= 15 is 0 Å². The summed E-state index contributed by atoms with van der Waals surface area (Å²) in [6.07, 6.45) is 3.18. The van der Waals surface area contributed by atoms with Gasteiger partial charge < -0.3 is 4.74 Å². The van der Waals surface area contributed by atoms with Crippen LogP contribution in [0.25, 0.3) is 15.2 Å². The lowest BCUT2D eigenvalue weighted by Crippen LogP contribution is -2.14. The van der Waals surface area contributed by atoms with E-state index in [2.05, 4.69) is 15.0 Å². The van der Waals surface area contributed by atoms with E-state index in [9.17, 15) is 4.79 Å². The largest absolute Gasteiger partial charge is 0.471 e. The summed E-state index contributed by atoms with van der Waals surface area (Å²) in [5.74, 6) is 0.509. The molecular weight excluding hydrogens is 308 g/mol. The van der Waals surface area contributed by atoms with Crippen LogP contribution >= 0.6 is 22.7 Å². The molecule has 0 amide bonds. The van der Waals surface area contributed by atoms with Gasteiger partial charge in [-0.05, 0) is 11.4 Å². The minimum atomic E-state index is -0.108. The van der Waals surface area contributed by atoms with E-state index in [4.69, 9.17) is 4.74 Å². The maximum Gasteiger partial charge on any atom is 0.258 e. The Morgan fingerprint density at radius 1 is 1.24 bits per heavy atom. The van der Waals surface area contributed by atoms with Gasteiger partial charge in [0.2, 0.25) is 5.88 Å². The first-order valence-corrected chi connectivity index (χ1v) is 7.84. The number of hydrogen-bond donors (Lipinski definition) is 0. The average Bonchev–Trinajstić information content (AvgIpc) is 3.13. The Morgan fingerprint density at radius 2 is 2.19 bits per heavy atom. The molecule has 0 aliphatic heterocycles. The van der Waals surface area contributed by atoms with Gasteiger partial charge in [-0.1, -0.05) is 0 Å². The molecule has 0 saturated heterocycles. The molecule has 104 valence electrons. The fourth-order valence-electron chi connectivity index (χ4n) is 1.99. The number of nitrogens with zero attached hydrogens (tertiary/aromatic N) is 4. The van der Waals surface area contributed by atoms with Gasteiger partial charge in [0, 0.05) is 17.6 Å². The fraction of sp³-hybridized carbons (Fsp3) is 0.0769. The Morgan fingerprint density at radius 3 is 3.14 bits per heavy atom.